The fourth-order valence-corrected chi connectivity index (χ4v) is 0.970. The second-order valence-electron chi connectivity index (χ2n) is 4.78. The first-order chi connectivity index (χ1) is 7.36. The summed E-state index contributed by atoms with van der Waals surface area (Å²) in [5, 5.41) is 11.9. The summed E-state index contributed by atoms with van der Waals surface area (Å²) in [4.78, 5) is 12.8. The first kappa shape index (κ1) is 15.3. The van der Waals surface area contributed by atoms with Crippen LogP contribution in [0.25, 0.3) is 0 Å². The van der Waals surface area contributed by atoms with Crippen LogP contribution in [-0.4, -0.2) is 62.9 Å². The molecule has 0 aromatic rings. The molecule has 0 heterocycles. The van der Waals surface area contributed by atoms with Crippen molar-refractivity contribution < 1.29 is 14.6 Å². The van der Waals surface area contributed by atoms with Crippen molar-refractivity contribution in [1.82, 2.24) is 10.2 Å². The van der Waals surface area contributed by atoms with Gasteiger partial charge in [-0.15, -0.1) is 0 Å². The third-order valence-electron chi connectivity index (χ3n) is 2.25. The van der Waals surface area contributed by atoms with Crippen molar-refractivity contribution in [2.75, 3.05) is 46.9 Å². The molecule has 5 nitrogen and oxygen atoms in total. The summed E-state index contributed by atoms with van der Waals surface area (Å²) in [5.74, 6) is -0.784. The van der Waals surface area contributed by atoms with E-state index in [0.29, 0.717) is 26.3 Å². The van der Waals surface area contributed by atoms with Crippen LogP contribution in [-0.2, 0) is 9.53 Å². The van der Waals surface area contributed by atoms with Crippen LogP contribution in [0.4, 0.5) is 0 Å². The van der Waals surface area contributed by atoms with Gasteiger partial charge in [0.25, 0.3) is 0 Å². The fourth-order valence-electron chi connectivity index (χ4n) is 0.970. The fraction of sp³-hybridized carbons (Fsp3) is 0.909. The molecule has 0 fully saturated rings. The van der Waals surface area contributed by atoms with Crippen molar-refractivity contribution in [3.63, 3.8) is 0 Å². The van der Waals surface area contributed by atoms with Crippen molar-refractivity contribution in [1.29, 1.82) is 0 Å². The molecule has 0 saturated heterocycles. The lowest BCUT2D eigenvalue weighted by molar-refractivity contribution is -0.146. The highest BCUT2D eigenvalue weighted by Gasteiger charge is 2.26. The number of nitrogens with one attached hydrogen (secondary N) is 1. The predicted molar refractivity (Wildman–Crippen MR) is 63.7 cm³/mol. The van der Waals surface area contributed by atoms with E-state index in [-0.39, 0.29) is 0 Å². The maximum Gasteiger partial charge on any atom is 0.310 e. The number of aliphatic carboxylic acids is 1. The van der Waals surface area contributed by atoms with Crippen molar-refractivity contribution in [3.8, 4) is 0 Å². The molecule has 0 radical (unpaired) electrons. The van der Waals surface area contributed by atoms with E-state index in [4.69, 9.17) is 9.84 Å². The largest absolute Gasteiger partial charge is 0.481 e. The van der Waals surface area contributed by atoms with Gasteiger partial charge in [0.2, 0.25) is 0 Å². The van der Waals surface area contributed by atoms with Gasteiger partial charge in [0.05, 0.1) is 18.6 Å². The van der Waals surface area contributed by atoms with E-state index < -0.39 is 11.4 Å². The van der Waals surface area contributed by atoms with Gasteiger partial charge in [-0.3, -0.25) is 4.79 Å². The first-order valence-corrected chi connectivity index (χ1v) is 5.53. The quantitative estimate of drug-likeness (QED) is 0.559. The molecule has 0 aromatic heterocycles. The zero-order valence-electron chi connectivity index (χ0n) is 10.7. The van der Waals surface area contributed by atoms with Crippen LogP contribution >= 0.6 is 0 Å². The zero-order chi connectivity index (χ0) is 12.6. The van der Waals surface area contributed by atoms with Gasteiger partial charge in [0.1, 0.15) is 0 Å². The Balaban J connectivity index is 3.37. The number of likely N-dealkylation sites (N-methyl/N-ethyl adjacent to an activating group) is 1. The molecule has 0 aliphatic heterocycles. The lowest BCUT2D eigenvalue weighted by atomic mass is 9.94. The molecule has 0 atom stereocenters. The Kier molecular flexibility index (Phi) is 7.29. The van der Waals surface area contributed by atoms with Gasteiger partial charge in [-0.05, 0) is 27.9 Å². The summed E-state index contributed by atoms with van der Waals surface area (Å²) >= 11 is 0. The maximum absolute atomic E-state index is 10.8. The van der Waals surface area contributed by atoms with Crippen LogP contribution in [0.1, 0.15) is 13.8 Å². The Hall–Kier alpha value is -0.650. The Morgan fingerprint density at radius 2 is 2.00 bits per heavy atom. The van der Waals surface area contributed by atoms with E-state index in [1.54, 1.807) is 13.8 Å². The van der Waals surface area contributed by atoms with E-state index in [0.717, 1.165) is 6.54 Å². The van der Waals surface area contributed by atoms with Crippen molar-refractivity contribution in [2.24, 2.45) is 5.41 Å². The Bertz CT molecular complexity index is 205. The molecule has 2 N–H and O–H groups in total. The molecule has 0 amide bonds. The maximum atomic E-state index is 10.8. The van der Waals surface area contributed by atoms with E-state index in [9.17, 15) is 4.79 Å². The standard InChI is InChI=1S/C11H24N2O3/c1-11(2,10(14)15)9-12-5-7-16-8-6-13(3)4/h12H,5-9H2,1-4H3,(H,14,15). The van der Waals surface area contributed by atoms with E-state index >= 15 is 0 Å². The second kappa shape index (κ2) is 7.60. The number of carboxylic acids is 1. The summed E-state index contributed by atoms with van der Waals surface area (Å²) in [5.41, 5.74) is -0.719. The van der Waals surface area contributed by atoms with Gasteiger partial charge in [-0.2, -0.15) is 0 Å². The number of ether oxygens (including phenoxy) is 1. The van der Waals surface area contributed by atoms with E-state index in [2.05, 4.69) is 10.2 Å². The smallest absolute Gasteiger partial charge is 0.310 e. The van der Waals surface area contributed by atoms with Crippen LogP contribution < -0.4 is 5.32 Å². The molecule has 0 aliphatic carbocycles. The van der Waals surface area contributed by atoms with Gasteiger partial charge >= 0.3 is 5.97 Å². The Morgan fingerprint density at radius 1 is 1.38 bits per heavy atom. The molecule has 0 bridgehead atoms. The topological polar surface area (TPSA) is 61.8 Å². The highest BCUT2D eigenvalue weighted by molar-refractivity contribution is 5.73. The van der Waals surface area contributed by atoms with Gasteiger partial charge in [0.15, 0.2) is 0 Å². The van der Waals surface area contributed by atoms with Crippen molar-refractivity contribution >= 4 is 5.97 Å². The summed E-state index contributed by atoms with van der Waals surface area (Å²) in [6.07, 6.45) is 0. The number of hydrogen-bond acceptors (Lipinski definition) is 4. The van der Waals surface area contributed by atoms with Gasteiger partial charge in [-0.1, -0.05) is 0 Å². The molecule has 0 unspecified atom stereocenters. The van der Waals surface area contributed by atoms with Crippen LogP contribution in [0.3, 0.4) is 0 Å². The van der Waals surface area contributed by atoms with E-state index in [1.807, 2.05) is 14.1 Å². The van der Waals surface area contributed by atoms with E-state index in [1.165, 1.54) is 0 Å². The van der Waals surface area contributed by atoms with Crippen molar-refractivity contribution in [2.45, 2.75) is 13.8 Å². The zero-order valence-corrected chi connectivity index (χ0v) is 10.7. The van der Waals surface area contributed by atoms with Gasteiger partial charge in [0, 0.05) is 19.6 Å². The molecular formula is C11H24N2O3. The Morgan fingerprint density at radius 3 is 2.50 bits per heavy atom. The molecule has 0 aliphatic rings. The molecule has 96 valence electrons. The number of nitrogens with zero attached hydrogens (tertiary/aromatic N) is 1. The summed E-state index contributed by atoms with van der Waals surface area (Å²) in [7, 11) is 3.99. The minimum Gasteiger partial charge on any atom is -0.481 e. The molecule has 0 spiro atoms. The van der Waals surface area contributed by atoms with Gasteiger partial charge in [-0.25, -0.2) is 0 Å². The molecule has 0 aromatic carbocycles. The third kappa shape index (κ3) is 7.62. The number of carbonyl (C=O) groups is 1. The minimum absolute atomic E-state index is 0.458. The molecule has 5 heteroatoms. The lowest BCUT2D eigenvalue weighted by Crippen LogP contribution is -2.37. The highest BCUT2D eigenvalue weighted by atomic mass is 16.5. The molecule has 16 heavy (non-hydrogen) atoms. The second-order valence-corrected chi connectivity index (χ2v) is 4.78. The van der Waals surface area contributed by atoms with Crippen molar-refractivity contribution in [3.05, 3.63) is 0 Å². The van der Waals surface area contributed by atoms with Crippen LogP contribution in [0.5, 0.6) is 0 Å². The molecule has 0 rings (SSSR count). The summed E-state index contributed by atoms with van der Waals surface area (Å²) < 4.78 is 5.37. The number of carboxylic acid groups (broad SMARTS) is 1. The SMILES string of the molecule is CN(C)CCOCCNCC(C)(C)C(=O)O. The normalized spacial score (nSPS) is 12.1. The van der Waals surface area contributed by atoms with Gasteiger partial charge < -0.3 is 20.1 Å². The van der Waals surface area contributed by atoms with Crippen LogP contribution in [0.15, 0.2) is 0 Å². The Labute approximate surface area is 97.8 Å². The predicted octanol–water partition coefficient (Wildman–Crippen LogP) is 0.265. The average Bonchev–Trinajstić information content (AvgIpc) is 2.15. The average molecular weight is 232 g/mol. The number of hydrogen-bond donors (Lipinski definition) is 2. The lowest BCUT2D eigenvalue weighted by Gasteiger charge is -2.19. The minimum atomic E-state index is -0.784. The monoisotopic (exact) mass is 232 g/mol. The molecular weight excluding hydrogens is 208 g/mol. The number of rotatable bonds is 9. The summed E-state index contributed by atoms with van der Waals surface area (Å²) in [6, 6.07) is 0. The third-order valence-corrected chi connectivity index (χ3v) is 2.25. The summed E-state index contributed by atoms with van der Waals surface area (Å²) in [6.45, 7) is 6.77. The molecule has 0 saturated carbocycles. The van der Waals surface area contributed by atoms with Crippen LogP contribution in [0, 0.1) is 5.41 Å². The first-order valence-electron chi connectivity index (χ1n) is 5.53. The highest BCUT2D eigenvalue weighted by Crippen LogP contribution is 2.12. The van der Waals surface area contributed by atoms with Crippen LogP contribution in [0.2, 0.25) is 0 Å².